The van der Waals surface area contributed by atoms with Crippen LogP contribution in [0.3, 0.4) is 0 Å². The van der Waals surface area contributed by atoms with Crippen molar-refractivity contribution in [2.24, 2.45) is 5.10 Å². The lowest BCUT2D eigenvalue weighted by molar-refractivity contribution is -0.145. The van der Waals surface area contributed by atoms with Crippen LogP contribution in [0.1, 0.15) is 25.3 Å². The maximum absolute atomic E-state index is 11.8. The topological polar surface area (TPSA) is 106 Å². The SMILES string of the molecule is CCOC(=O)COc1cccc(C=NNC(=O)CCC(=O)Nc2ccccc2)c1. The van der Waals surface area contributed by atoms with Gasteiger partial charge in [0.1, 0.15) is 5.75 Å². The number of hydrogen-bond donors (Lipinski definition) is 2. The van der Waals surface area contributed by atoms with Crippen LogP contribution in [0, 0.1) is 0 Å². The van der Waals surface area contributed by atoms with E-state index in [1.807, 2.05) is 18.2 Å². The third-order valence-corrected chi connectivity index (χ3v) is 3.56. The molecule has 0 fully saturated rings. The van der Waals surface area contributed by atoms with Crippen LogP contribution in [0.2, 0.25) is 0 Å². The molecule has 0 unspecified atom stereocenters. The van der Waals surface area contributed by atoms with Gasteiger partial charge in [0.2, 0.25) is 11.8 Å². The Balaban J connectivity index is 1.73. The third-order valence-electron chi connectivity index (χ3n) is 3.56. The van der Waals surface area contributed by atoms with Crippen molar-refractivity contribution >= 4 is 29.7 Å². The number of anilines is 1. The highest BCUT2D eigenvalue weighted by Gasteiger charge is 2.07. The van der Waals surface area contributed by atoms with Gasteiger partial charge in [0.15, 0.2) is 6.61 Å². The van der Waals surface area contributed by atoms with Crippen LogP contribution < -0.4 is 15.5 Å². The number of hydrazone groups is 1. The highest BCUT2D eigenvalue weighted by molar-refractivity contribution is 5.93. The first-order valence-electron chi connectivity index (χ1n) is 9.12. The summed E-state index contributed by atoms with van der Waals surface area (Å²) in [6.07, 6.45) is 1.51. The number of para-hydroxylation sites is 1. The van der Waals surface area contributed by atoms with E-state index in [0.29, 0.717) is 23.6 Å². The number of esters is 1. The molecule has 0 atom stereocenters. The lowest BCUT2D eigenvalue weighted by atomic mass is 10.2. The average molecular weight is 397 g/mol. The average Bonchev–Trinajstić information content (AvgIpc) is 2.72. The zero-order valence-electron chi connectivity index (χ0n) is 16.1. The van der Waals surface area contributed by atoms with Crippen molar-refractivity contribution in [2.75, 3.05) is 18.5 Å². The second-order valence-electron chi connectivity index (χ2n) is 5.87. The van der Waals surface area contributed by atoms with Crippen molar-refractivity contribution in [3.8, 4) is 5.75 Å². The zero-order chi connectivity index (χ0) is 20.9. The van der Waals surface area contributed by atoms with Crippen molar-refractivity contribution in [3.63, 3.8) is 0 Å². The quantitative estimate of drug-likeness (QED) is 0.364. The summed E-state index contributed by atoms with van der Waals surface area (Å²) in [5.41, 5.74) is 3.73. The number of ether oxygens (including phenoxy) is 2. The second kappa shape index (κ2) is 11.9. The Morgan fingerprint density at radius 1 is 1.00 bits per heavy atom. The monoisotopic (exact) mass is 397 g/mol. The van der Waals surface area contributed by atoms with E-state index in [0.717, 1.165) is 0 Å². The van der Waals surface area contributed by atoms with Gasteiger partial charge >= 0.3 is 5.97 Å². The maximum Gasteiger partial charge on any atom is 0.344 e. The molecule has 0 aromatic heterocycles. The van der Waals surface area contributed by atoms with Crippen LogP contribution in [0.25, 0.3) is 0 Å². The largest absolute Gasteiger partial charge is 0.482 e. The standard InChI is InChI=1S/C21H23N3O5/c1-2-28-21(27)15-29-18-10-6-7-16(13-18)14-22-24-20(26)12-11-19(25)23-17-8-4-3-5-9-17/h3-10,13-14H,2,11-12,15H2,1H3,(H,23,25)(H,24,26). The summed E-state index contributed by atoms with van der Waals surface area (Å²) >= 11 is 0. The van der Waals surface area contributed by atoms with Gasteiger partial charge in [-0.15, -0.1) is 0 Å². The first kappa shape index (κ1) is 21.6. The number of nitrogens with zero attached hydrogens (tertiary/aromatic N) is 1. The molecular formula is C21H23N3O5. The lowest BCUT2D eigenvalue weighted by Gasteiger charge is -2.06. The van der Waals surface area contributed by atoms with Crippen molar-refractivity contribution in [3.05, 3.63) is 60.2 Å². The Morgan fingerprint density at radius 2 is 1.76 bits per heavy atom. The van der Waals surface area contributed by atoms with E-state index < -0.39 is 5.97 Å². The fraction of sp³-hybridized carbons (Fsp3) is 0.238. The molecular weight excluding hydrogens is 374 g/mol. The first-order valence-corrected chi connectivity index (χ1v) is 9.12. The van der Waals surface area contributed by atoms with Gasteiger partial charge in [-0.25, -0.2) is 10.2 Å². The first-order chi connectivity index (χ1) is 14.1. The van der Waals surface area contributed by atoms with Gasteiger partial charge in [-0.1, -0.05) is 30.3 Å². The van der Waals surface area contributed by atoms with Crippen LogP contribution in [0.5, 0.6) is 5.75 Å². The number of rotatable bonds is 10. The van der Waals surface area contributed by atoms with E-state index in [4.69, 9.17) is 9.47 Å². The molecule has 0 aliphatic carbocycles. The molecule has 2 aromatic carbocycles. The summed E-state index contributed by atoms with van der Waals surface area (Å²) in [4.78, 5) is 34.9. The Morgan fingerprint density at radius 3 is 2.52 bits per heavy atom. The molecule has 0 saturated heterocycles. The predicted molar refractivity (Wildman–Crippen MR) is 109 cm³/mol. The molecule has 0 saturated carbocycles. The van der Waals surface area contributed by atoms with Crippen LogP contribution in [-0.4, -0.2) is 37.2 Å². The second-order valence-corrected chi connectivity index (χ2v) is 5.87. The van der Waals surface area contributed by atoms with Crippen LogP contribution in [-0.2, 0) is 19.1 Å². The van der Waals surface area contributed by atoms with Gasteiger partial charge in [-0.05, 0) is 36.8 Å². The van der Waals surface area contributed by atoms with E-state index in [2.05, 4.69) is 15.8 Å². The molecule has 29 heavy (non-hydrogen) atoms. The molecule has 2 rings (SSSR count). The predicted octanol–water partition coefficient (Wildman–Crippen LogP) is 2.50. The third kappa shape index (κ3) is 8.70. The Kier molecular flexibility index (Phi) is 8.88. The lowest BCUT2D eigenvalue weighted by Crippen LogP contribution is -2.20. The number of benzene rings is 2. The van der Waals surface area contributed by atoms with Crippen molar-refractivity contribution in [1.29, 1.82) is 0 Å². The van der Waals surface area contributed by atoms with E-state index in [-0.39, 0.29) is 31.3 Å². The number of hydrogen-bond acceptors (Lipinski definition) is 6. The maximum atomic E-state index is 11.8. The van der Waals surface area contributed by atoms with E-state index in [9.17, 15) is 14.4 Å². The minimum absolute atomic E-state index is 0.0126. The normalized spacial score (nSPS) is 10.4. The summed E-state index contributed by atoms with van der Waals surface area (Å²) in [7, 11) is 0. The zero-order valence-corrected chi connectivity index (χ0v) is 16.1. The molecule has 152 valence electrons. The number of amides is 2. The highest BCUT2D eigenvalue weighted by Crippen LogP contribution is 2.12. The molecule has 8 heteroatoms. The summed E-state index contributed by atoms with van der Waals surface area (Å²) in [6, 6.07) is 15.9. The van der Waals surface area contributed by atoms with Gasteiger partial charge in [0, 0.05) is 18.5 Å². The minimum atomic E-state index is -0.449. The highest BCUT2D eigenvalue weighted by atomic mass is 16.6. The van der Waals surface area contributed by atoms with Crippen LogP contribution in [0.15, 0.2) is 59.7 Å². The van der Waals surface area contributed by atoms with Gasteiger partial charge in [0.25, 0.3) is 0 Å². The van der Waals surface area contributed by atoms with Crippen LogP contribution >= 0.6 is 0 Å². The Bertz CT molecular complexity index is 852. The summed E-state index contributed by atoms with van der Waals surface area (Å²) in [6.45, 7) is 1.83. The number of carbonyl (C=O) groups is 3. The molecule has 0 aliphatic heterocycles. The molecule has 2 N–H and O–H groups in total. The molecule has 2 aromatic rings. The molecule has 8 nitrogen and oxygen atoms in total. The smallest absolute Gasteiger partial charge is 0.344 e. The van der Waals surface area contributed by atoms with E-state index in [1.165, 1.54) is 6.21 Å². The van der Waals surface area contributed by atoms with Gasteiger partial charge < -0.3 is 14.8 Å². The van der Waals surface area contributed by atoms with Crippen molar-refractivity contribution in [1.82, 2.24) is 5.43 Å². The number of carbonyl (C=O) groups excluding carboxylic acids is 3. The molecule has 0 radical (unpaired) electrons. The Hall–Kier alpha value is -3.68. The van der Waals surface area contributed by atoms with Gasteiger partial charge in [-0.2, -0.15) is 5.10 Å². The molecule has 0 spiro atoms. The van der Waals surface area contributed by atoms with Crippen molar-refractivity contribution in [2.45, 2.75) is 19.8 Å². The van der Waals surface area contributed by atoms with Crippen LogP contribution in [0.4, 0.5) is 5.69 Å². The van der Waals surface area contributed by atoms with Gasteiger partial charge in [0.05, 0.1) is 12.8 Å². The molecule has 0 bridgehead atoms. The van der Waals surface area contributed by atoms with Gasteiger partial charge in [-0.3, -0.25) is 9.59 Å². The van der Waals surface area contributed by atoms with E-state index >= 15 is 0 Å². The fourth-order valence-electron chi connectivity index (χ4n) is 2.24. The molecule has 2 amide bonds. The van der Waals surface area contributed by atoms with Crippen molar-refractivity contribution < 1.29 is 23.9 Å². The summed E-state index contributed by atoms with van der Waals surface area (Å²) < 4.78 is 10.1. The van der Waals surface area contributed by atoms with E-state index in [1.54, 1.807) is 43.3 Å². The Labute approximate surface area is 168 Å². The molecule has 0 heterocycles. The minimum Gasteiger partial charge on any atom is -0.482 e. The number of nitrogens with one attached hydrogen (secondary N) is 2. The fourth-order valence-corrected chi connectivity index (χ4v) is 2.24. The molecule has 0 aliphatic rings. The summed E-state index contributed by atoms with van der Waals surface area (Å²) in [5.74, 6) is -0.595. The summed E-state index contributed by atoms with van der Waals surface area (Å²) in [5, 5.41) is 6.57.